The van der Waals surface area contributed by atoms with Crippen LogP contribution < -0.4 is 14.4 Å². The van der Waals surface area contributed by atoms with Crippen LogP contribution in [0.1, 0.15) is 53.6 Å². The van der Waals surface area contributed by atoms with Gasteiger partial charge in [-0.3, -0.25) is 9.69 Å². The Kier molecular flexibility index (Phi) is 11.1. The van der Waals surface area contributed by atoms with E-state index in [1.54, 1.807) is 19.1 Å². The number of nitrogens with zero attached hydrogens (tertiary/aromatic N) is 3. The van der Waals surface area contributed by atoms with Gasteiger partial charge in [-0.15, -0.1) is 12.4 Å². The monoisotopic (exact) mass is 549 g/mol. The summed E-state index contributed by atoms with van der Waals surface area (Å²) in [5.41, 5.74) is 3.18. The Bertz CT molecular complexity index is 1260. The Balaban J connectivity index is 0.00000507. The molecule has 1 atom stereocenters. The van der Waals surface area contributed by atoms with Crippen molar-refractivity contribution in [1.82, 2.24) is 9.88 Å². The lowest BCUT2D eigenvalue weighted by Gasteiger charge is -2.19. The first-order valence-corrected chi connectivity index (χ1v) is 12.5. The smallest absolute Gasteiger partial charge is 0.297 e. The molecule has 0 radical (unpaired) electrons. The molecule has 0 aliphatic carbocycles. The number of guanidine groups is 1. The highest BCUT2D eigenvalue weighted by molar-refractivity contribution is 6.05. The standard InChI is InChI=1S/C28H37FN4O4.ClH/c1-17(21-9-11-22(29)12-10-21)13-15-35-27-25(36-16-14-30-28(32(5)6)33(7)8)23(19(3)34)18(2)24-26(27)37-20(4)31-24;/h9-12,17H,13-16H2,1-8H3;1H/p+1. The summed E-state index contributed by atoms with van der Waals surface area (Å²) < 4.78 is 31.7. The summed E-state index contributed by atoms with van der Waals surface area (Å²) in [5.74, 6) is 1.82. The number of nitrogens with one attached hydrogen (secondary N) is 1. The minimum absolute atomic E-state index is 0. The molecule has 0 amide bonds. The van der Waals surface area contributed by atoms with Crippen molar-refractivity contribution in [2.45, 2.75) is 40.0 Å². The number of carbonyl (C=O) groups is 1. The van der Waals surface area contributed by atoms with Crippen LogP contribution in [0.15, 0.2) is 33.7 Å². The highest BCUT2D eigenvalue weighted by atomic mass is 35.5. The molecule has 208 valence electrons. The average Bonchev–Trinajstić information content (AvgIpc) is 3.22. The molecule has 0 aliphatic heterocycles. The second-order valence-electron chi connectivity index (χ2n) is 9.66. The summed E-state index contributed by atoms with van der Waals surface area (Å²) in [4.78, 5) is 24.9. The van der Waals surface area contributed by atoms with E-state index in [1.807, 2.05) is 40.0 Å². The van der Waals surface area contributed by atoms with Crippen LogP contribution in [0.2, 0.25) is 0 Å². The normalized spacial score (nSPS) is 12.4. The summed E-state index contributed by atoms with van der Waals surface area (Å²) >= 11 is 0. The zero-order chi connectivity index (χ0) is 27.3. The molecule has 0 bridgehead atoms. The molecule has 8 nitrogen and oxygen atoms in total. The molecule has 10 heteroatoms. The first kappa shape index (κ1) is 31.1. The maximum atomic E-state index is 13.3. The number of rotatable bonds is 10. The molecule has 0 saturated carbocycles. The predicted octanol–water partition coefficient (Wildman–Crippen LogP) is 4.22. The van der Waals surface area contributed by atoms with Gasteiger partial charge in [0, 0.05) is 21.0 Å². The second-order valence-corrected chi connectivity index (χ2v) is 9.66. The van der Waals surface area contributed by atoms with Crippen molar-refractivity contribution < 1.29 is 28.0 Å². The number of hydrogen-bond donors (Lipinski definition) is 1. The van der Waals surface area contributed by atoms with E-state index in [0.717, 1.165) is 16.4 Å². The zero-order valence-corrected chi connectivity index (χ0v) is 24.3. The number of fused-ring (bicyclic) bond motifs is 1. The lowest BCUT2D eigenvalue weighted by molar-refractivity contribution is -0.764. The molecular formula is C28H39ClFN4O4+. The lowest BCUT2D eigenvalue weighted by Crippen LogP contribution is -3.10. The van der Waals surface area contributed by atoms with Crippen LogP contribution in [0.25, 0.3) is 11.1 Å². The predicted molar refractivity (Wildman–Crippen MR) is 150 cm³/mol. The highest BCUT2D eigenvalue weighted by Crippen LogP contribution is 2.42. The van der Waals surface area contributed by atoms with E-state index < -0.39 is 0 Å². The van der Waals surface area contributed by atoms with Gasteiger partial charge in [0.15, 0.2) is 17.4 Å². The first-order chi connectivity index (χ1) is 17.5. The van der Waals surface area contributed by atoms with E-state index in [9.17, 15) is 9.18 Å². The number of halogens is 2. The molecular weight excluding hydrogens is 511 g/mol. The second kappa shape index (κ2) is 13.6. The van der Waals surface area contributed by atoms with E-state index in [-0.39, 0.29) is 36.5 Å². The van der Waals surface area contributed by atoms with E-state index >= 15 is 0 Å². The van der Waals surface area contributed by atoms with Crippen molar-refractivity contribution in [1.29, 1.82) is 0 Å². The summed E-state index contributed by atoms with van der Waals surface area (Å²) in [7, 11) is 7.91. The summed E-state index contributed by atoms with van der Waals surface area (Å²) in [5, 5.41) is 0. The molecule has 0 saturated heterocycles. The number of carbonyl (C=O) groups excluding carboxylic acids is 1. The summed E-state index contributed by atoms with van der Waals surface area (Å²) in [6.07, 6.45) is 0.672. The number of aliphatic imine (C=N–C) groups is 1. The number of benzene rings is 2. The molecule has 2 aromatic carbocycles. The number of aromatic nitrogens is 1. The van der Waals surface area contributed by atoms with Gasteiger partial charge in [-0.05, 0) is 49.4 Å². The maximum absolute atomic E-state index is 13.3. The molecule has 1 N–H and O–H groups in total. The van der Waals surface area contributed by atoms with Gasteiger partial charge in [0.1, 0.15) is 17.9 Å². The molecule has 38 heavy (non-hydrogen) atoms. The van der Waals surface area contributed by atoms with Gasteiger partial charge in [0.05, 0.1) is 32.8 Å². The third kappa shape index (κ3) is 7.23. The van der Waals surface area contributed by atoms with Crippen LogP contribution >= 0.6 is 12.4 Å². The fraction of sp³-hybridized carbons (Fsp3) is 0.464. The van der Waals surface area contributed by atoms with Crippen LogP contribution in [0.3, 0.4) is 0 Å². The van der Waals surface area contributed by atoms with Crippen LogP contribution in [0.4, 0.5) is 4.39 Å². The van der Waals surface area contributed by atoms with Gasteiger partial charge in [0.2, 0.25) is 11.3 Å². The number of ether oxygens (including phenoxy) is 2. The largest absolute Gasteiger partial charge is 0.487 e. The molecule has 1 unspecified atom stereocenters. The van der Waals surface area contributed by atoms with Gasteiger partial charge < -0.3 is 18.8 Å². The van der Waals surface area contributed by atoms with Crippen molar-refractivity contribution >= 4 is 35.2 Å². The van der Waals surface area contributed by atoms with Crippen LogP contribution in [-0.2, 0) is 0 Å². The SMILES string of the molecule is CC(=O)c1c(OCCN=C(N(C)C)[NH+](C)C)c(OCCC(C)c2ccc(F)cc2)c2oc(C)nc2c1C.Cl. The molecule has 3 rings (SSSR count). The Morgan fingerprint density at radius 1 is 1.13 bits per heavy atom. The molecule has 1 heterocycles. The fourth-order valence-corrected chi connectivity index (χ4v) is 4.37. The van der Waals surface area contributed by atoms with E-state index in [2.05, 4.69) is 16.9 Å². The van der Waals surface area contributed by atoms with E-state index in [0.29, 0.717) is 59.2 Å². The minimum Gasteiger partial charge on any atom is -0.487 e. The third-order valence-electron chi connectivity index (χ3n) is 6.16. The van der Waals surface area contributed by atoms with Gasteiger partial charge in [-0.1, -0.05) is 19.1 Å². The zero-order valence-electron chi connectivity index (χ0n) is 23.5. The van der Waals surface area contributed by atoms with Crippen LogP contribution in [-0.4, -0.2) is 69.6 Å². The Morgan fingerprint density at radius 2 is 1.76 bits per heavy atom. The summed E-state index contributed by atoms with van der Waals surface area (Å²) in [6, 6.07) is 6.48. The number of quaternary nitrogens is 1. The van der Waals surface area contributed by atoms with Gasteiger partial charge in [-0.2, -0.15) is 0 Å². The van der Waals surface area contributed by atoms with Gasteiger partial charge in [-0.25, -0.2) is 14.4 Å². The van der Waals surface area contributed by atoms with Crippen molar-refractivity contribution in [3.63, 3.8) is 0 Å². The minimum atomic E-state index is -0.262. The highest BCUT2D eigenvalue weighted by Gasteiger charge is 2.26. The lowest BCUT2D eigenvalue weighted by atomic mass is 9.98. The van der Waals surface area contributed by atoms with Crippen molar-refractivity contribution in [3.05, 3.63) is 52.7 Å². The van der Waals surface area contributed by atoms with Gasteiger partial charge >= 0.3 is 0 Å². The van der Waals surface area contributed by atoms with E-state index in [1.165, 1.54) is 19.1 Å². The van der Waals surface area contributed by atoms with Gasteiger partial charge in [0.25, 0.3) is 5.96 Å². The molecule has 3 aromatic rings. The average molecular weight is 550 g/mol. The number of ketones is 1. The summed E-state index contributed by atoms with van der Waals surface area (Å²) in [6.45, 7) is 8.17. The van der Waals surface area contributed by atoms with Crippen LogP contribution in [0, 0.1) is 19.7 Å². The molecule has 1 aromatic heterocycles. The molecule has 0 fully saturated rings. The Labute approximate surface area is 230 Å². The number of aryl methyl sites for hydroxylation is 2. The molecule has 0 spiro atoms. The van der Waals surface area contributed by atoms with Crippen molar-refractivity contribution in [2.24, 2.45) is 4.99 Å². The van der Waals surface area contributed by atoms with Crippen LogP contribution in [0.5, 0.6) is 11.5 Å². The number of hydrogen-bond acceptors (Lipinski definition) is 6. The Hall–Kier alpha value is -3.17. The maximum Gasteiger partial charge on any atom is 0.297 e. The number of Topliss-reactive ketones (excluding diaryl/α,β-unsaturated/α-hetero) is 1. The first-order valence-electron chi connectivity index (χ1n) is 12.5. The third-order valence-corrected chi connectivity index (χ3v) is 6.16. The fourth-order valence-electron chi connectivity index (χ4n) is 4.37. The Morgan fingerprint density at radius 3 is 2.34 bits per heavy atom. The quantitative estimate of drug-likeness (QED) is 0.176. The van der Waals surface area contributed by atoms with Crippen molar-refractivity contribution in [3.8, 4) is 11.5 Å². The van der Waals surface area contributed by atoms with Crippen molar-refractivity contribution in [2.75, 3.05) is 47.9 Å². The van der Waals surface area contributed by atoms with E-state index in [4.69, 9.17) is 13.9 Å². The topological polar surface area (TPSA) is 81.6 Å². The molecule has 0 aliphatic rings. The number of oxazole rings is 1.